The van der Waals surface area contributed by atoms with E-state index >= 15 is 0 Å². The highest BCUT2D eigenvalue weighted by Crippen LogP contribution is 2.19. The summed E-state index contributed by atoms with van der Waals surface area (Å²) < 4.78 is 0. The fourth-order valence-electron chi connectivity index (χ4n) is 2.15. The van der Waals surface area contributed by atoms with Crippen molar-refractivity contribution in [3.63, 3.8) is 0 Å². The number of carboxylic acid groups (broad SMARTS) is 1. The van der Waals surface area contributed by atoms with E-state index in [-0.39, 0.29) is 0 Å². The summed E-state index contributed by atoms with van der Waals surface area (Å²) in [4.78, 5) is 19.6. The summed E-state index contributed by atoms with van der Waals surface area (Å²) in [6.07, 6.45) is 3.57. The summed E-state index contributed by atoms with van der Waals surface area (Å²) in [7, 11) is 0. The van der Waals surface area contributed by atoms with Crippen molar-refractivity contribution in [2.45, 2.75) is 20.8 Å². The molecule has 0 amide bonds. The minimum atomic E-state index is -0.795. The first kappa shape index (κ1) is 17.0. The maximum atomic E-state index is 11.0. The molecule has 0 saturated heterocycles. The van der Waals surface area contributed by atoms with E-state index in [1.807, 2.05) is 17.0 Å². The van der Waals surface area contributed by atoms with Crippen molar-refractivity contribution in [1.82, 2.24) is 4.98 Å². The number of carboxylic acids is 1. The number of hydrogen-bond donors (Lipinski definition) is 1. The summed E-state index contributed by atoms with van der Waals surface area (Å²) in [6, 6.07) is 3.96. The van der Waals surface area contributed by atoms with Gasteiger partial charge >= 0.3 is 5.97 Å². The molecule has 0 aliphatic carbocycles. The van der Waals surface area contributed by atoms with Gasteiger partial charge in [0.1, 0.15) is 5.82 Å². The maximum Gasteiger partial charge on any atom is 0.308 e. The van der Waals surface area contributed by atoms with Crippen LogP contribution in [0, 0.1) is 5.92 Å². The Hall–Kier alpha value is -2.04. The molecule has 0 radical (unpaired) electrons. The molecule has 1 atom stereocenters. The minimum absolute atomic E-state index is 0.438. The predicted molar refractivity (Wildman–Crippen MR) is 87.0 cm³/mol. The fraction of sp³-hybridized carbons (Fsp3) is 0.500. The molecule has 0 aliphatic rings. The third kappa shape index (κ3) is 4.77. The number of aromatic nitrogens is 1. The van der Waals surface area contributed by atoms with Crippen molar-refractivity contribution in [3.05, 3.63) is 31.0 Å². The van der Waals surface area contributed by atoms with Crippen LogP contribution < -0.4 is 9.80 Å². The zero-order valence-corrected chi connectivity index (χ0v) is 13.1. The van der Waals surface area contributed by atoms with Crippen molar-refractivity contribution in [3.8, 4) is 0 Å². The standard InChI is InChI=1S/C16H25N3O2/c1-5-10-19(12-13(4)16(20)21)14-8-9-15(17-11-14)18(6-2)7-3/h5,8-9,11,13H,1,6-7,10,12H2,2-4H3,(H,20,21). The second-order valence-electron chi connectivity index (χ2n) is 4.98. The Balaban J connectivity index is 2.88. The molecule has 0 bridgehead atoms. The normalized spacial score (nSPS) is 11.8. The molecule has 1 rings (SSSR count). The summed E-state index contributed by atoms with van der Waals surface area (Å²) in [5.74, 6) is -0.294. The van der Waals surface area contributed by atoms with Crippen molar-refractivity contribution in [2.24, 2.45) is 5.92 Å². The van der Waals surface area contributed by atoms with Crippen LogP contribution in [0.5, 0.6) is 0 Å². The van der Waals surface area contributed by atoms with Crippen molar-refractivity contribution < 1.29 is 9.90 Å². The van der Waals surface area contributed by atoms with Crippen LogP contribution in [0.25, 0.3) is 0 Å². The van der Waals surface area contributed by atoms with Crippen LogP contribution in [0.2, 0.25) is 0 Å². The van der Waals surface area contributed by atoms with Gasteiger partial charge in [0.05, 0.1) is 17.8 Å². The van der Waals surface area contributed by atoms with Crippen LogP contribution in [-0.4, -0.2) is 42.2 Å². The fourth-order valence-corrected chi connectivity index (χ4v) is 2.15. The highest BCUT2D eigenvalue weighted by atomic mass is 16.4. The van der Waals surface area contributed by atoms with Gasteiger partial charge in [-0.15, -0.1) is 6.58 Å². The van der Waals surface area contributed by atoms with E-state index in [2.05, 4.69) is 30.3 Å². The predicted octanol–water partition coefficient (Wildman–Crippen LogP) is 2.64. The highest BCUT2D eigenvalue weighted by Gasteiger charge is 2.16. The van der Waals surface area contributed by atoms with Gasteiger partial charge in [-0.25, -0.2) is 4.98 Å². The average Bonchev–Trinajstić information content (AvgIpc) is 2.48. The van der Waals surface area contributed by atoms with E-state index in [0.717, 1.165) is 24.6 Å². The maximum absolute atomic E-state index is 11.0. The molecule has 0 aliphatic heterocycles. The van der Waals surface area contributed by atoms with Crippen LogP contribution in [0.3, 0.4) is 0 Å². The van der Waals surface area contributed by atoms with E-state index < -0.39 is 11.9 Å². The number of anilines is 2. The van der Waals surface area contributed by atoms with Crippen LogP contribution in [0.15, 0.2) is 31.0 Å². The molecule has 5 heteroatoms. The lowest BCUT2D eigenvalue weighted by Gasteiger charge is -2.26. The molecule has 1 aromatic rings. The number of aliphatic carboxylic acids is 1. The topological polar surface area (TPSA) is 56.7 Å². The molecule has 1 heterocycles. The number of nitrogens with zero attached hydrogens (tertiary/aromatic N) is 3. The van der Waals surface area contributed by atoms with Crippen LogP contribution >= 0.6 is 0 Å². The van der Waals surface area contributed by atoms with Crippen LogP contribution in [0.4, 0.5) is 11.5 Å². The van der Waals surface area contributed by atoms with Gasteiger partial charge in [-0.05, 0) is 26.0 Å². The molecular formula is C16H25N3O2. The van der Waals surface area contributed by atoms with Gasteiger partial charge in [-0.2, -0.15) is 0 Å². The van der Waals surface area contributed by atoms with Gasteiger partial charge in [-0.3, -0.25) is 4.79 Å². The first-order chi connectivity index (χ1) is 10.0. The zero-order valence-electron chi connectivity index (χ0n) is 13.1. The molecule has 1 unspecified atom stereocenters. The molecule has 0 spiro atoms. The molecule has 116 valence electrons. The largest absolute Gasteiger partial charge is 0.481 e. The molecule has 1 aromatic heterocycles. The van der Waals surface area contributed by atoms with E-state index in [4.69, 9.17) is 5.11 Å². The monoisotopic (exact) mass is 291 g/mol. The molecular weight excluding hydrogens is 266 g/mol. The first-order valence-corrected chi connectivity index (χ1v) is 7.33. The van der Waals surface area contributed by atoms with Crippen molar-refractivity contribution in [2.75, 3.05) is 36.0 Å². The summed E-state index contributed by atoms with van der Waals surface area (Å²) in [5.41, 5.74) is 0.916. The Morgan fingerprint density at radius 3 is 2.48 bits per heavy atom. The van der Waals surface area contributed by atoms with Crippen molar-refractivity contribution in [1.29, 1.82) is 0 Å². The number of hydrogen-bond acceptors (Lipinski definition) is 4. The minimum Gasteiger partial charge on any atom is -0.481 e. The lowest BCUT2D eigenvalue weighted by Crippen LogP contribution is -2.32. The molecule has 5 nitrogen and oxygen atoms in total. The average molecular weight is 291 g/mol. The van der Waals surface area contributed by atoms with Crippen LogP contribution in [0.1, 0.15) is 20.8 Å². The van der Waals surface area contributed by atoms with Gasteiger partial charge in [0.2, 0.25) is 0 Å². The summed E-state index contributed by atoms with van der Waals surface area (Å²) in [5, 5.41) is 9.05. The first-order valence-electron chi connectivity index (χ1n) is 7.33. The number of rotatable bonds is 9. The van der Waals surface area contributed by atoms with Crippen LogP contribution in [-0.2, 0) is 4.79 Å². The Labute approximate surface area is 126 Å². The van der Waals surface area contributed by atoms with Gasteiger partial charge < -0.3 is 14.9 Å². The Bertz CT molecular complexity index is 455. The van der Waals surface area contributed by atoms with Gasteiger partial charge in [0.25, 0.3) is 0 Å². The third-order valence-electron chi connectivity index (χ3n) is 3.45. The summed E-state index contributed by atoms with van der Waals surface area (Å²) in [6.45, 7) is 12.5. The second-order valence-corrected chi connectivity index (χ2v) is 4.98. The van der Waals surface area contributed by atoms with E-state index in [0.29, 0.717) is 13.1 Å². The molecule has 21 heavy (non-hydrogen) atoms. The second kappa shape index (κ2) is 8.29. The summed E-state index contributed by atoms with van der Waals surface area (Å²) >= 11 is 0. The molecule has 0 fully saturated rings. The van der Waals surface area contributed by atoms with E-state index in [1.165, 1.54) is 0 Å². The SMILES string of the molecule is C=CCN(CC(C)C(=O)O)c1ccc(N(CC)CC)nc1. The van der Waals surface area contributed by atoms with E-state index in [1.54, 1.807) is 19.2 Å². The number of carbonyl (C=O) groups is 1. The van der Waals surface area contributed by atoms with E-state index in [9.17, 15) is 4.79 Å². The van der Waals surface area contributed by atoms with Gasteiger partial charge in [-0.1, -0.05) is 13.0 Å². The lowest BCUT2D eigenvalue weighted by molar-refractivity contribution is -0.140. The molecule has 1 N–H and O–H groups in total. The molecule has 0 aromatic carbocycles. The van der Waals surface area contributed by atoms with Gasteiger partial charge in [0.15, 0.2) is 0 Å². The Morgan fingerprint density at radius 2 is 2.05 bits per heavy atom. The van der Waals surface area contributed by atoms with Crippen molar-refractivity contribution >= 4 is 17.5 Å². The smallest absolute Gasteiger partial charge is 0.308 e. The quantitative estimate of drug-likeness (QED) is 0.709. The Morgan fingerprint density at radius 1 is 1.38 bits per heavy atom. The zero-order chi connectivity index (χ0) is 15.8. The molecule has 0 saturated carbocycles. The Kier molecular flexibility index (Phi) is 6.72. The third-order valence-corrected chi connectivity index (χ3v) is 3.45. The lowest BCUT2D eigenvalue weighted by atomic mass is 10.1. The van der Waals surface area contributed by atoms with Gasteiger partial charge in [0, 0.05) is 26.2 Å². The number of pyridine rings is 1. The highest BCUT2D eigenvalue weighted by molar-refractivity contribution is 5.70.